The number of hydrogen-bond acceptors (Lipinski definition) is 6. The van der Waals surface area contributed by atoms with E-state index in [0.29, 0.717) is 22.2 Å². The molecule has 2 rings (SSSR count). The number of hydrogen-bond donors (Lipinski definition) is 3. The zero-order valence-corrected chi connectivity index (χ0v) is 17.7. The number of carboxylic acid groups (broad SMARTS) is 1. The van der Waals surface area contributed by atoms with Crippen molar-refractivity contribution in [1.82, 2.24) is 5.01 Å². The number of carbonyl (C=O) groups excluding carboxylic acids is 2. The molecule has 4 N–H and O–H groups in total. The number of benzene rings is 2. The van der Waals surface area contributed by atoms with E-state index in [-0.39, 0.29) is 12.8 Å². The molecule has 0 saturated heterocycles. The summed E-state index contributed by atoms with van der Waals surface area (Å²) >= 11 is 0. The summed E-state index contributed by atoms with van der Waals surface area (Å²) in [6.07, 6.45) is -1.31. The predicted octanol–water partition coefficient (Wildman–Crippen LogP) is 3.76. The van der Waals surface area contributed by atoms with Crippen LogP contribution >= 0.6 is 0 Å². The first-order valence-corrected chi connectivity index (χ1v) is 9.68. The molecule has 0 aromatic heterocycles. The Morgan fingerprint density at radius 2 is 1.61 bits per heavy atom. The van der Waals surface area contributed by atoms with Gasteiger partial charge in [-0.05, 0) is 63.6 Å². The highest BCUT2D eigenvalue weighted by Gasteiger charge is 2.31. The van der Waals surface area contributed by atoms with Gasteiger partial charge in [-0.15, -0.1) is 0 Å². The molecule has 9 heteroatoms. The van der Waals surface area contributed by atoms with E-state index in [1.54, 1.807) is 45.0 Å². The summed E-state index contributed by atoms with van der Waals surface area (Å²) in [5.41, 5.74) is -0.306. The van der Waals surface area contributed by atoms with E-state index in [9.17, 15) is 19.5 Å². The quantitative estimate of drug-likeness (QED) is 0.331. The minimum absolute atomic E-state index is 0.157. The highest BCUT2D eigenvalue weighted by Crippen LogP contribution is 2.23. The number of nitrogens with two attached hydrogens (primary N) is 1. The van der Waals surface area contributed by atoms with Crippen molar-refractivity contribution in [1.29, 1.82) is 0 Å². The van der Waals surface area contributed by atoms with Crippen LogP contribution in [0.25, 0.3) is 0 Å². The van der Waals surface area contributed by atoms with Crippen LogP contribution in [0.4, 0.5) is 10.5 Å². The molecule has 0 spiro atoms. The molecular formula is C22H27N3O6. The molecule has 9 nitrogen and oxygen atoms in total. The Balaban J connectivity index is 1.89. The van der Waals surface area contributed by atoms with E-state index in [4.69, 9.17) is 15.3 Å². The maximum absolute atomic E-state index is 12.2. The molecule has 0 aliphatic carbocycles. The molecular weight excluding hydrogens is 402 g/mol. The van der Waals surface area contributed by atoms with Crippen molar-refractivity contribution in [2.24, 2.45) is 5.84 Å². The molecule has 2 aromatic carbocycles. The van der Waals surface area contributed by atoms with Crippen LogP contribution < -0.4 is 15.9 Å². The maximum atomic E-state index is 12.2. The number of rotatable bonds is 8. The number of nitrogens with zero attached hydrogens (tertiary/aromatic N) is 1. The largest absolute Gasteiger partial charge is 0.480 e. The van der Waals surface area contributed by atoms with Gasteiger partial charge >= 0.3 is 12.1 Å². The molecule has 1 unspecified atom stereocenters. The molecule has 166 valence electrons. The van der Waals surface area contributed by atoms with E-state index in [0.717, 1.165) is 0 Å². The standard InChI is InChI=1S/C22H27N3O6/c1-22(2,3)31-21(29)25(23)18(20(27)28)13-14-19(26)24-15-9-11-17(12-10-15)30-16-7-5-4-6-8-16/h4-12,18H,13-14,23H2,1-3H3,(H,24,26)(H,27,28). The second-order valence-corrected chi connectivity index (χ2v) is 7.77. The summed E-state index contributed by atoms with van der Waals surface area (Å²) in [6, 6.07) is 14.6. The van der Waals surface area contributed by atoms with E-state index >= 15 is 0 Å². The molecule has 0 bridgehead atoms. The summed E-state index contributed by atoms with van der Waals surface area (Å²) in [5, 5.41) is 12.5. The van der Waals surface area contributed by atoms with Crippen molar-refractivity contribution >= 4 is 23.7 Å². The molecule has 1 atom stereocenters. The van der Waals surface area contributed by atoms with E-state index in [1.807, 2.05) is 30.3 Å². The summed E-state index contributed by atoms with van der Waals surface area (Å²) in [6.45, 7) is 4.91. The van der Waals surface area contributed by atoms with Crippen LogP contribution in [0, 0.1) is 0 Å². The Morgan fingerprint density at radius 1 is 1.03 bits per heavy atom. The molecule has 0 radical (unpaired) electrons. The van der Waals surface area contributed by atoms with Gasteiger partial charge in [0.05, 0.1) is 0 Å². The number of aliphatic carboxylic acids is 1. The van der Waals surface area contributed by atoms with Crippen LogP contribution in [-0.2, 0) is 14.3 Å². The van der Waals surface area contributed by atoms with Crippen molar-refractivity contribution < 1.29 is 29.0 Å². The summed E-state index contributed by atoms with van der Waals surface area (Å²) < 4.78 is 10.8. The Labute approximate surface area is 180 Å². The predicted molar refractivity (Wildman–Crippen MR) is 115 cm³/mol. The SMILES string of the molecule is CC(C)(C)OC(=O)N(N)C(CCC(=O)Nc1ccc(Oc2ccccc2)cc1)C(=O)O. The lowest BCUT2D eigenvalue weighted by Crippen LogP contribution is -2.51. The Morgan fingerprint density at radius 3 is 2.16 bits per heavy atom. The van der Waals surface area contributed by atoms with Gasteiger partial charge in [0.25, 0.3) is 0 Å². The van der Waals surface area contributed by atoms with Crippen LogP contribution in [0.3, 0.4) is 0 Å². The minimum atomic E-state index is -1.40. The van der Waals surface area contributed by atoms with Gasteiger partial charge in [-0.1, -0.05) is 18.2 Å². The lowest BCUT2D eigenvalue weighted by atomic mass is 10.1. The van der Waals surface area contributed by atoms with Crippen molar-refractivity contribution in [2.45, 2.75) is 45.3 Å². The summed E-state index contributed by atoms with van der Waals surface area (Å²) in [7, 11) is 0. The Bertz CT molecular complexity index is 894. The minimum Gasteiger partial charge on any atom is -0.480 e. The fourth-order valence-corrected chi connectivity index (χ4v) is 2.55. The average molecular weight is 429 g/mol. The van der Waals surface area contributed by atoms with Crippen molar-refractivity contribution in [3.05, 3.63) is 54.6 Å². The Kier molecular flexibility index (Phi) is 7.98. The number of amides is 2. The molecule has 0 aliphatic rings. The van der Waals surface area contributed by atoms with Crippen LogP contribution in [0.5, 0.6) is 11.5 Å². The van der Waals surface area contributed by atoms with Gasteiger partial charge in [0.1, 0.15) is 23.1 Å². The average Bonchev–Trinajstić information content (AvgIpc) is 2.68. The number of hydrazine groups is 1. The van der Waals surface area contributed by atoms with Gasteiger partial charge in [0, 0.05) is 12.1 Å². The van der Waals surface area contributed by atoms with Gasteiger partial charge in [-0.3, -0.25) is 4.79 Å². The zero-order chi connectivity index (χ0) is 23.0. The first-order valence-electron chi connectivity index (χ1n) is 9.68. The van der Waals surface area contributed by atoms with Gasteiger partial charge in [0.15, 0.2) is 0 Å². The highest BCUT2D eigenvalue weighted by atomic mass is 16.6. The monoisotopic (exact) mass is 429 g/mol. The van der Waals surface area contributed by atoms with Gasteiger partial charge in [0.2, 0.25) is 5.91 Å². The third-order valence-corrected chi connectivity index (χ3v) is 3.99. The van der Waals surface area contributed by atoms with Crippen LogP contribution in [0.1, 0.15) is 33.6 Å². The number of para-hydroxylation sites is 1. The second kappa shape index (κ2) is 10.4. The molecule has 31 heavy (non-hydrogen) atoms. The number of nitrogens with one attached hydrogen (secondary N) is 1. The highest BCUT2D eigenvalue weighted by molar-refractivity contribution is 5.91. The maximum Gasteiger partial charge on any atom is 0.425 e. The second-order valence-electron chi connectivity index (χ2n) is 7.77. The normalized spacial score (nSPS) is 11.9. The Hall–Kier alpha value is -3.59. The lowest BCUT2D eigenvalue weighted by Gasteiger charge is -2.27. The van der Waals surface area contributed by atoms with E-state index < -0.39 is 29.6 Å². The number of anilines is 1. The van der Waals surface area contributed by atoms with Gasteiger partial charge < -0.3 is 19.9 Å². The number of ether oxygens (including phenoxy) is 2. The van der Waals surface area contributed by atoms with Crippen molar-refractivity contribution in [3.63, 3.8) is 0 Å². The smallest absolute Gasteiger partial charge is 0.425 e. The number of carbonyl (C=O) groups is 3. The van der Waals surface area contributed by atoms with Gasteiger partial charge in [-0.2, -0.15) is 0 Å². The molecule has 0 aliphatic heterocycles. The number of carboxylic acids is 1. The van der Waals surface area contributed by atoms with Crippen LogP contribution in [-0.4, -0.2) is 39.7 Å². The fourth-order valence-electron chi connectivity index (χ4n) is 2.55. The lowest BCUT2D eigenvalue weighted by molar-refractivity contribution is -0.143. The van der Waals surface area contributed by atoms with E-state index in [2.05, 4.69) is 5.32 Å². The molecule has 0 fully saturated rings. The summed E-state index contributed by atoms with van der Waals surface area (Å²) in [5.74, 6) is 5.17. The van der Waals surface area contributed by atoms with E-state index in [1.165, 1.54) is 0 Å². The van der Waals surface area contributed by atoms with Crippen LogP contribution in [0.15, 0.2) is 54.6 Å². The molecule has 2 amide bonds. The molecule has 2 aromatic rings. The van der Waals surface area contributed by atoms with Crippen molar-refractivity contribution in [3.8, 4) is 11.5 Å². The van der Waals surface area contributed by atoms with Crippen molar-refractivity contribution in [2.75, 3.05) is 5.32 Å². The van der Waals surface area contributed by atoms with Gasteiger partial charge in [-0.25, -0.2) is 20.4 Å². The third kappa shape index (κ3) is 7.98. The molecule has 0 heterocycles. The van der Waals surface area contributed by atoms with Crippen LogP contribution in [0.2, 0.25) is 0 Å². The first-order chi connectivity index (χ1) is 14.5. The fraction of sp³-hybridized carbons (Fsp3) is 0.318. The zero-order valence-electron chi connectivity index (χ0n) is 17.7. The summed E-state index contributed by atoms with van der Waals surface area (Å²) in [4.78, 5) is 35.7. The first kappa shape index (κ1) is 23.7. The topological polar surface area (TPSA) is 131 Å². The molecule has 0 saturated carbocycles. The third-order valence-electron chi connectivity index (χ3n) is 3.99.